The lowest BCUT2D eigenvalue weighted by atomic mass is 10.3. The quantitative estimate of drug-likeness (QED) is 0.791. The zero-order valence-corrected chi connectivity index (χ0v) is 13.5. The number of benzene rings is 1. The highest BCUT2D eigenvalue weighted by molar-refractivity contribution is 9.10. The number of nitrogens with one attached hydrogen (secondary N) is 1. The average molecular weight is 363 g/mol. The molecule has 0 fully saturated rings. The van der Waals surface area contributed by atoms with E-state index < -0.39 is 10.0 Å². The normalized spacial score (nSPS) is 12.2. The topological polar surface area (TPSA) is 99.1 Å². The largest absolute Gasteiger partial charge is 0.329 e. The highest BCUT2D eigenvalue weighted by Gasteiger charge is 2.20. The van der Waals surface area contributed by atoms with Crippen molar-refractivity contribution in [2.24, 2.45) is 19.8 Å². The molecule has 0 aliphatic rings. The maximum Gasteiger partial charge on any atom is 0.328 e. The smallest absolute Gasteiger partial charge is 0.328 e. The molecular weight excluding hydrogens is 348 g/mol. The van der Waals surface area contributed by atoms with Crippen LogP contribution in [0.25, 0.3) is 11.0 Å². The predicted molar refractivity (Wildman–Crippen MR) is 80.1 cm³/mol. The molecule has 0 amide bonds. The molecule has 2 rings (SSSR count). The van der Waals surface area contributed by atoms with Crippen molar-refractivity contribution in [3.8, 4) is 0 Å². The Bertz CT molecular complexity index is 822. The number of aryl methyl sites for hydroxylation is 2. The van der Waals surface area contributed by atoms with Gasteiger partial charge in [0.1, 0.15) is 0 Å². The number of nitrogens with zero attached hydrogens (tertiary/aromatic N) is 2. The number of hydrogen-bond acceptors (Lipinski definition) is 4. The summed E-state index contributed by atoms with van der Waals surface area (Å²) in [6.07, 6.45) is 0. The van der Waals surface area contributed by atoms with Gasteiger partial charge in [-0.2, -0.15) is 0 Å². The minimum atomic E-state index is -3.67. The first-order valence-electron chi connectivity index (χ1n) is 5.84. The molecule has 0 saturated heterocycles. The lowest BCUT2D eigenvalue weighted by molar-refractivity contribution is 0.582. The van der Waals surface area contributed by atoms with Gasteiger partial charge in [0.05, 0.1) is 15.9 Å². The Hall–Kier alpha value is -1.16. The SMILES string of the molecule is Cn1c(=O)n(C)c2cc(S(=O)(=O)NCCN)c(Br)cc21. The maximum atomic E-state index is 12.2. The molecule has 1 aromatic carbocycles. The van der Waals surface area contributed by atoms with Crippen LogP contribution < -0.4 is 16.1 Å². The van der Waals surface area contributed by atoms with Crippen LogP contribution in [0.5, 0.6) is 0 Å². The lowest BCUT2D eigenvalue weighted by Gasteiger charge is -2.08. The minimum absolute atomic E-state index is 0.0830. The summed E-state index contributed by atoms with van der Waals surface area (Å²) in [5.74, 6) is 0. The minimum Gasteiger partial charge on any atom is -0.329 e. The van der Waals surface area contributed by atoms with Gasteiger partial charge in [-0.25, -0.2) is 17.9 Å². The zero-order chi connectivity index (χ0) is 15.1. The summed E-state index contributed by atoms with van der Waals surface area (Å²) < 4.78 is 30.0. The molecule has 7 nitrogen and oxygen atoms in total. The van der Waals surface area contributed by atoms with Crippen LogP contribution in [0.1, 0.15) is 0 Å². The van der Waals surface area contributed by atoms with Crippen LogP contribution >= 0.6 is 15.9 Å². The monoisotopic (exact) mass is 362 g/mol. The Labute approximate surface area is 124 Å². The van der Waals surface area contributed by atoms with Crippen molar-refractivity contribution < 1.29 is 8.42 Å². The first kappa shape index (κ1) is 15.2. The van der Waals surface area contributed by atoms with Crippen LogP contribution in [0.15, 0.2) is 26.3 Å². The molecule has 0 atom stereocenters. The van der Waals surface area contributed by atoms with E-state index in [0.717, 1.165) is 0 Å². The van der Waals surface area contributed by atoms with Gasteiger partial charge in [-0.3, -0.25) is 9.13 Å². The van der Waals surface area contributed by atoms with Gasteiger partial charge in [0.25, 0.3) is 0 Å². The molecule has 0 spiro atoms. The van der Waals surface area contributed by atoms with E-state index in [1.54, 1.807) is 20.2 Å². The molecule has 9 heteroatoms. The molecule has 20 heavy (non-hydrogen) atoms. The standard InChI is InChI=1S/C11H15BrN4O3S/c1-15-8-5-7(12)10(20(18,19)14-4-3-13)6-9(8)16(2)11(15)17/h5-6,14H,3-4,13H2,1-2H3. The fraction of sp³-hybridized carbons (Fsp3) is 0.364. The van der Waals surface area contributed by atoms with Crippen LogP contribution in [0.4, 0.5) is 0 Å². The lowest BCUT2D eigenvalue weighted by Crippen LogP contribution is -2.29. The summed E-state index contributed by atoms with van der Waals surface area (Å²) in [7, 11) is -0.430. The second-order valence-electron chi connectivity index (χ2n) is 4.36. The van der Waals surface area contributed by atoms with E-state index in [1.165, 1.54) is 15.2 Å². The van der Waals surface area contributed by atoms with Crippen molar-refractivity contribution in [1.29, 1.82) is 0 Å². The highest BCUT2D eigenvalue weighted by Crippen LogP contribution is 2.27. The van der Waals surface area contributed by atoms with Crippen molar-refractivity contribution in [3.63, 3.8) is 0 Å². The number of halogens is 1. The number of rotatable bonds is 4. The van der Waals surface area contributed by atoms with E-state index in [1.807, 2.05) is 0 Å². The van der Waals surface area contributed by atoms with Crippen LogP contribution in [-0.4, -0.2) is 30.6 Å². The van der Waals surface area contributed by atoms with Gasteiger partial charge in [0.2, 0.25) is 10.0 Å². The summed E-state index contributed by atoms with van der Waals surface area (Å²) in [4.78, 5) is 11.9. The maximum absolute atomic E-state index is 12.2. The third kappa shape index (κ3) is 2.41. The molecule has 0 radical (unpaired) electrons. The fourth-order valence-corrected chi connectivity index (χ4v) is 4.07. The van der Waals surface area contributed by atoms with Crippen molar-refractivity contribution in [1.82, 2.24) is 13.9 Å². The Morgan fingerprint density at radius 3 is 2.35 bits per heavy atom. The summed E-state index contributed by atoms with van der Waals surface area (Å²) in [6.45, 7) is 0.365. The zero-order valence-electron chi connectivity index (χ0n) is 11.1. The van der Waals surface area contributed by atoms with Gasteiger partial charge in [0.15, 0.2) is 0 Å². The molecule has 0 unspecified atom stereocenters. The molecule has 3 N–H and O–H groups in total. The van der Waals surface area contributed by atoms with Crippen molar-refractivity contribution in [2.75, 3.05) is 13.1 Å². The van der Waals surface area contributed by atoms with Gasteiger partial charge in [-0.05, 0) is 28.1 Å². The van der Waals surface area contributed by atoms with Crippen molar-refractivity contribution in [3.05, 3.63) is 27.1 Å². The van der Waals surface area contributed by atoms with Gasteiger partial charge in [-0.1, -0.05) is 0 Å². The molecule has 0 aliphatic carbocycles. The Balaban J connectivity index is 2.71. The molecule has 0 aliphatic heterocycles. The third-order valence-electron chi connectivity index (χ3n) is 3.05. The Morgan fingerprint density at radius 1 is 1.25 bits per heavy atom. The van der Waals surface area contributed by atoms with Crippen LogP contribution in [0.2, 0.25) is 0 Å². The molecular formula is C11H15BrN4O3S. The van der Waals surface area contributed by atoms with Gasteiger partial charge in [0, 0.05) is 31.7 Å². The van der Waals surface area contributed by atoms with E-state index in [0.29, 0.717) is 15.5 Å². The van der Waals surface area contributed by atoms with Crippen molar-refractivity contribution in [2.45, 2.75) is 4.90 Å². The fourth-order valence-electron chi connectivity index (χ4n) is 1.98. The summed E-state index contributed by atoms with van der Waals surface area (Å²) in [6, 6.07) is 3.09. The molecule has 1 aromatic heterocycles. The first-order chi connectivity index (χ1) is 9.29. The number of sulfonamides is 1. The molecule has 110 valence electrons. The first-order valence-corrected chi connectivity index (χ1v) is 8.12. The Kier molecular flexibility index (Phi) is 4.05. The van der Waals surface area contributed by atoms with E-state index in [-0.39, 0.29) is 23.7 Å². The van der Waals surface area contributed by atoms with Crippen LogP contribution in [-0.2, 0) is 24.1 Å². The molecule has 0 bridgehead atoms. The Morgan fingerprint density at radius 2 is 1.80 bits per heavy atom. The van der Waals surface area contributed by atoms with Crippen LogP contribution in [0, 0.1) is 0 Å². The van der Waals surface area contributed by atoms with E-state index in [4.69, 9.17) is 5.73 Å². The van der Waals surface area contributed by atoms with E-state index in [2.05, 4.69) is 20.7 Å². The van der Waals surface area contributed by atoms with Crippen molar-refractivity contribution >= 4 is 37.0 Å². The summed E-state index contributed by atoms with van der Waals surface area (Å²) >= 11 is 3.24. The number of aromatic nitrogens is 2. The third-order valence-corrected chi connectivity index (χ3v) is 5.47. The summed E-state index contributed by atoms with van der Waals surface area (Å²) in [5.41, 5.74) is 6.30. The molecule has 1 heterocycles. The second kappa shape index (κ2) is 5.32. The number of fused-ring (bicyclic) bond motifs is 1. The average Bonchev–Trinajstić information content (AvgIpc) is 2.60. The summed E-state index contributed by atoms with van der Waals surface area (Å²) in [5, 5.41) is 0. The molecule has 2 aromatic rings. The number of hydrogen-bond donors (Lipinski definition) is 2. The van der Waals surface area contributed by atoms with E-state index >= 15 is 0 Å². The van der Waals surface area contributed by atoms with E-state index in [9.17, 15) is 13.2 Å². The van der Waals surface area contributed by atoms with Gasteiger partial charge < -0.3 is 5.73 Å². The number of imidazole rings is 1. The highest BCUT2D eigenvalue weighted by atomic mass is 79.9. The van der Waals surface area contributed by atoms with Gasteiger partial charge >= 0.3 is 5.69 Å². The van der Waals surface area contributed by atoms with Crippen LogP contribution in [0.3, 0.4) is 0 Å². The number of nitrogens with two attached hydrogens (primary N) is 1. The second-order valence-corrected chi connectivity index (χ2v) is 6.95. The van der Waals surface area contributed by atoms with Gasteiger partial charge in [-0.15, -0.1) is 0 Å². The predicted octanol–water partition coefficient (Wildman–Crippen LogP) is -0.123. The molecule has 0 saturated carbocycles.